The van der Waals surface area contributed by atoms with Crippen LogP contribution in [0.25, 0.3) is 10.9 Å². The van der Waals surface area contributed by atoms with E-state index in [1.165, 1.54) is 5.56 Å². The van der Waals surface area contributed by atoms with E-state index in [2.05, 4.69) is 58.2 Å². The summed E-state index contributed by atoms with van der Waals surface area (Å²) in [7, 11) is 8.22. The molecule has 0 aliphatic carbocycles. The Morgan fingerprint density at radius 2 is 1.76 bits per heavy atom. The second-order valence-corrected chi connectivity index (χ2v) is 8.60. The fourth-order valence-electron chi connectivity index (χ4n) is 3.17. The van der Waals surface area contributed by atoms with Crippen molar-refractivity contribution in [2.75, 3.05) is 54.4 Å². The van der Waals surface area contributed by atoms with E-state index in [9.17, 15) is 4.79 Å². The second kappa shape index (κ2) is 10.7. The zero-order valence-electron chi connectivity index (χ0n) is 18.6. The molecule has 0 atom stereocenters. The largest absolute Gasteiger partial charge is 0.363 e. The van der Waals surface area contributed by atoms with Gasteiger partial charge in [0.25, 0.3) is 5.56 Å². The van der Waals surface area contributed by atoms with Crippen LogP contribution in [0.15, 0.2) is 23.0 Å². The fourth-order valence-corrected chi connectivity index (χ4v) is 3.43. The van der Waals surface area contributed by atoms with Crippen LogP contribution in [0.5, 0.6) is 0 Å². The first-order valence-corrected chi connectivity index (χ1v) is 10.5. The molecule has 2 aromatic rings. The highest BCUT2D eigenvalue weighted by Crippen LogP contribution is 2.19. The van der Waals surface area contributed by atoms with Gasteiger partial charge in [-0.25, -0.2) is 0 Å². The number of aryl methyl sites for hydroxylation is 2. The lowest BCUT2D eigenvalue weighted by atomic mass is 10.0. The lowest BCUT2D eigenvalue weighted by Gasteiger charge is -2.27. The van der Waals surface area contributed by atoms with Crippen molar-refractivity contribution in [3.8, 4) is 0 Å². The zero-order valence-corrected chi connectivity index (χ0v) is 19.4. The van der Waals surface area contributed by atoms with E-state index in [0.29, 0.717) is 11.7 Å². The van der Waals surface area contributed by atoms with Gasteiger partial charge in [-0.15, -0.1) is 0 Å². The monoisotopic (exact) mass is 417 g/mol. The standard InChI is InChI=1S/C22H35N5OS/c1-16-8-9-18-14-19(21(28)24-20(18)17(16)2)15-27(13-12-26(5)6)22(29)23-10-7-11-25(3)4/h8-9,14H,7,10-13,15H2,1-6H3,(H,23,29)(H,24,28). The topological polar surface area (TPSA) is 54.6 Å². The molecule has 0 bridgehead atoms. The summed E-state index contributed by atoms with van der Waals surface area (Å²) in [4.78, 5) is 22.2. The van der Waals surface area contributed by atoms with Crippen molar-refractivity contribution in [3.05, 3.63) is 45.2 Å². The van der Waals surface area contributed by atoms with E-state index in [4.69, 9.17) is 12.2 Å². The number of aromatic nitrogens is 1. The number of aromatic amines is 1. The molecule has 1 heterocycles. The number of pyridine rings is 1. The maximum absolute atomic E-state index is 12.8. The Balaban J connectivity index is 2.19. The molecule has 0 fully saturated rings. The van der Waals surface area contributed by atoms with Crippen LogP contribution in [-0.2, 0) is 6.54 Å². The minimum absolute atomic E-state index is 0.0449. The number of fused-ring (bicyclic) bond motifs is 1. The van der Waals surface area contributed by atoms with Gasteiger partial charge >= 0.3 is 0 Å². The molecule has 0 saturated heterocycles. The third-order valence-corrected chi connectivity index (χ3v) is 5.55. The molecule has 0 aliphatic rings. The molecule has 160 valence electrons. The number of H-pyrrole nitrogens is 1. The van der Waals surface area contributed by atoms with E-state index < -0.39 is 0 Å². The van der Waals surface area contributed by atoms with E-state index >= 15 is 0 Å². The van der Waals surface area contributed by atoms with E-state index in [1.807, 2.05) is 27.1 Å². The molecule has 0 unspecified atom stereocenters. The number of likely N-dealkylation sites (N-methyl/N-ethyl adjacent to an activating group) is 1. The first-order valence-electron chi connectivity index (χ1n) is 10.1. The number of hydrogen-bond acceptors (Lipinski definition) is 4. The number of nitrogens with one attached hydrogen (secondary N) is 2. The summed E-state index contributed by atoms with van der Waals surface area (Å²) < 4.78 is 0. The van der Waals surface area contributed by atoms with Crippen LogP contribution in [0.2, 0.25) is 0 Å². The third kappa shape index (κ3) is 6.80. The second-order valence-electron chi connectivity index (χ2n) is 8.21. The van der Waals surface area contributed by atoms with Gasteiger partial charge in [-0.05, 0) is 89.8 Å². The van der Waals surface area contributed by atoms with Gasteiger partial charge in [0.05, 0.1) is 12.1 Å². The number of hydrogen-bond donors (Lipinski definition) is 2. The molecule has 7 heteroatoms. The van der Waals surface area contributed by atoms with Crippen LogP contribution in [0.4, 0.5) is 0 Å². The highest BCUT2D eigenvalue weighted by atomic mass is 32.1. The first kappa shape index (κ1) is 23.3. The normalized spacial score (nSPS) is 11.4. The van der Waals surface area contributed by atoms with Crippen molar-refractivity contribution in [1.82, 2.24) is 25.0 Å². The van der Waals surface area contributed by atoms with Gasteiger partial charge in [0.2, 0.25) is 0 Å². The smallest absolute Gasteiger partial charge is 0.253 e. The molecule has 0 radical (unpaired) electrons. The highest BCUT2D eigenvalue weighted by Gasteiger charge is 2.14. The Morgan fingerprint density at radius 3 is 2.41 bits per heavy atom. The minimum Gasteiger partial charge on any atom is -0.363 e. The summed E-state index contributed by atoms with van der Waals surface area (Å²) in [5.74, 6) is 0. The summed E-state index contributed by atoms with van der Waals surface area (Å²) in [6.07, 6.45) is 1.02. The molecular formula is C22H35N5OS. The van der Waals surface area contributed by atoms with Crippen LogP contribution in [-0.4, -0.2) is 79.2 Å². The van der Waals surface area contributed by atoms with Crippen LogP contribution in [0, 0.1) is 13.8 Å². The third-order valence-electron chi connectivity index (χ3n) is 5.15. The molecule has 1 aromatic heterocycles. The van der Waals surface area contributed by atoms with Crippen LogP contribution >= 0.6 is 12.2 Å². The maximum atomic E-state index is 12.8. The molecule has 0 amide bonds. The SMILES string of the molecule is Cc1ccc2cc(CN(CCN(C)C)C(=S)NCCCN(C)C)c(=O)[nH]c2c1C. The van der Waals surface area contributed by atoms with Crippen LogP contribution in [0.1, 0.15) is 23.1 Å². The lowest BCUT2D eigenvalue weighted by molar-refractivity contribution is 0.321. The summed E-state index contributed by atoms with van der Waals surface area (Å²) in [5, 5.41) is 5.11. The molecule has 29 heavy (non-hydrogen) atoms. The molecule has 6 nitrogen and oxygen atoms in total. The lowest BCUT2D eigenvalue weighted by Crippen LogP contribution is -2.43. The Kier molecular flexibility index (Phi) is 8.61. The van der Waals surface area contributed by atoms with Crippen molar-refractivity contribution in [2.24, 2.45) is 0 Å². The molecule has 0 saturated carbocycles. The summed E-state index contributed by atoms with van der Waals surface area (Å²) in [6, 6.07) is 6.16. The molecule has 2 rings (SSSR count). The molecule has 0 spiro atoms. The van der Waals surface area contributed by atoms with Gasteiger partial charge in [0.15, 0.2) is 5.11 Å². The minimum atomic E-state index is -0.0449. The number of thiocarbonyl (C=S) groups is 1. The Labute approximate surface area is 179 Å². The van der Waals surface area contributed by atoms with E-state index in [1.54, 1.807) is 0 Å². The quantitative estimate of drug-likeness (QED) is 0.483. The number of benzene rings is 1. The maximum Gasteiger partial charge on any atom is 0.253 e. The van der Waals surface area contributed by atoms with E-state index in [-0.39, 0.29) is 5.56 Å². The zero-order chi connectivity index (χ0) is 21.6. The van der Waals surface area contributed by atoms with Crippen molar-refractivity contribution in [2.45, 2.75) is 26.8 Å². The van der Waals surface area contributed by atoms with Gasteiger partial charge in [0, 0.05) is 25.2 Å². The Bertz CT molecular complexity index is 891. The number of rotatable bonds is 9. The molecule has 0 aliphatic heterocycles. The fraction of sp³-hybridized carbons (Fsp3) is 0.545. The van der Waals surface area contributed by atoms with E-state index in [0.717, 1.165) is 54.6 Å². The van der Waals surface area contributed by atoms with Crippen molar-refractivity contribution in [1.29, 1.82) is 0 Å². The van der Waals surface area contributed by atoms with Gasteiger partial charge in [0.1, 0.15) is 0 Å². The predicted molar refractivity (Wildman–Crippen MR) is 127 cm³/mol. The molecule has 1 aromatic carbocycles. The Hall–Kier alpha value is -1.96. The average molecular weight is 418 g/mol. The Morgan fingerprint density at radius 1 is 1.07 bits per heavy atom. The molecule has 2 N–H and O–H groups in total. The highest BCUT2D eigenvalue weighted by molar-refractivity contribution is 7.80. The van der Waals surface area contributed by atoms with Gasteiger partial charge in [-0.3, -0.25) is 4.79 Å². The first-order chi connectivity index (χ1) is 13.7. The van der Waals surface area contributed by atoms with Gasteiger partial charge < -0.3 is 25.0 Å². The average Bonchev–Trinajstić information content (AvgIpc) is 2.65. The predicted octanol–water partition coefficient (Wildman–Crippen LogP) is 2.33. The van der Waals surface area contributed by atoms with Gasteiger partial charge in [-0.1, -0.05) is 12.1 Å². The summed E-state index contributed by atoms with van der Waals surface area (Å²) in [6.45, 7) is 8.05. The summed E-state index contributed by atoms with van der Waals surface area (Å²) in [5.41, 5.74) is 3.90. The van der Waals surface area contributed by atoms with Crippen molar-refractivity contribution < 1.29 is 0 Å². The summed E-state index contributed by atoms with van der Waals surface area (Å²) >= 11 is 5.65. The van der Waals surface area contributed by atoms with Crippen LogP contribution < -0.4 is 10.9 Å². The molecular weight excluding hydrogens is 382 g/mol. The van der Waals surface area contributed by atoms with Crippen LogP contribution in [0.3, 0.4) is 0 Å². The number of nitrogens with zero attached hydrogens (tertiary/aromatic N) is 3. The van der Waals surface area contributed by atoms with Crippen molar-refractivity contribution in [3.63, 3.8) is 0 Å². The van der Waals surface area contributed by atoms with Crippen molar-refractivity contribution >= 4 is 28.2 Å². The van der Waals surface area contributed by atoms with Gasteiger partial charge in [-0.2, -0.15) is 0 Å².